The zero-order valence-electron chi connectivity index (χ0n) is 12.3. The number of rotatable bonds is 5. The van der Waals surface area contributed by atoms with Gasteiger partial charge in [-0.05, 0) is 23.1 Å². The summed E-state index contributed by atoms with van der Waals surface area (Å²) in [7, 11) is 1.44. The van der Waals surface area contributed by atoms with Crippen LogP contribution in [-0.2, 0) is 14.3 Å². The minimum absolute atomic E-state index is 0.142. The molecule has 0 radical (unpaired) electrons. The molecule has 1 rings (SSSR count). The van der Waals surface area contributed by atoms with Crippen LogP contribution < -0.4 is 5.32 Å². The van der Waals surface area contributed by atoms with Crippen LogP contribution >= 0.6 is 0 Å². The van der Waals surface area contributed by atoms with E-state index in [0.29, 0.717) is 5.92 Å². The average Bonchev–Trinajstić information content (AvgIpc) is 2.50. The molecule has 0 saturated carbocycles. The molecular formula is C16H18N2O3. The molecular weight excluding hydrogens is 268 g/mol. The van der Waals surface area contributed by atoms with E-state index in [9.17, 15) is 9.59 Å². The molecule has 0 bridgehead atoms. The molecule has 0 atom stereocenters. The summed E-state index contributed by atoms with van der Waals surface area (Å²) in [6.45, 7) is 3.77. The maximum atomic E-state index is 11.7. The predicted molar refractivity (Wildman–Crippen MR) is 79.1 cm³/mol. The second-order valence-electron chi connectivity index (χ2n) is 4.74. The summed E-state index contributed by atoms with van der Waals surface area (Å²) in [5, 5.41) is 11.3. The van der Waals surface area contributed by atoms with Crippen LogP contribution in [0.5, 0.6) is 0 Å². The summed E-state index contributed by atoms with van der Waals surface area (Å²) in [5.41, 5.74) is 1.76. The lowest BCUT2D eigenvalue weighted by atomic mass is 10.0. The lowest BCUT2D eigenvalue weighted by Gasteiger charge is -2.05. The summed E-state index contributed by atoms with van der Waals surface area (Å²) >= 11 is 0. The van der Waals surface area contributed by atoms with Crippen molar-refractivity contribution in [3.05, 3.63) is 41.0 Å². The first-order chi connectivity index (χ1) is 9.97. The molecule has 1 amide bonds. The molecule has 1 aromatic carbocycles. The monoisotopic (exact) mass is 286 g/mol. The van der Waals surface area contributed by atoms with Crippen LogP contribution in [0.4, 0.5) is 0 Å². The Labute approximate surface area is 124 Å². The van der Waals surface area contributed by atoms with Gasteiger partial charge < -0.3 is 10.1 Å². The van der Waals surface area contributed by atoms with Crippen molar-refractivity contribution in [3.8, 4) is 6.07 Å². The summed E-state index contributed by atoms with van der Waals surface area (Å²) in [6.07, 6.45) is 1.44. The van der Waals surface area contributed by atoms with E-state index in [4.69, 9.17) is 10.00 Å². The van der Waals surface area contributed by atoms with Gasteiger partial charge in [-0.25, -0.2) is 4.79 Å². The molecule has 0 unspecified atom stereocenters. The van der Waals surface area contributed by atoms with Gasteiger partial charge in [0, 0.05) is 7.05 Å². The van der Waals surface area contributed by atoms with Crippen LogP contribution in [0.3, 0.4) is 0 Å². The average molecular weight is 286 g/mol. The summed E-state index contributed by atoms with van der Waals surface area (Å²) in [4.78, 5) is 22.7. The van der Waals surface area contributed by atoms with E-state index in [-0.39, 0.29) is 5.57 Å². The highest BCUT2D eigenvalue weighted by Crippen LogP contribution is 2.16. The van der Waals surface area contributed by atoms with Gasteiger partial charge in [0.05, 0.1) is 0 Å². The molecule has 0 aliphatic rings. The first-order valence-electron chi connectivity index (χ1n) is 6.57. The van der Waals surface area contributed by atoms with E-state index < -0.39 is 18.5 Å². The molecule has 0 saturated heterocycles. The number of nitrogens with one attached hydrogen (secondary N) is 1. The van der Waals surface area contributed by atoms with E-state index in [0.717, 1.165) is 5.56 Å². The topological polar surface area (TPSA) is 79.2 Å². The van der Waals surface area contributed by atoms with E-state index in [1.54, 1.807) is 6.07 Å². The second-order valence-corrected chi connectivity index (χ2v) is 4.74. The maximum absolute atomic E-state index is 11.7. The zero-order chi connectivity index (χ0) is 15.8. The molecule has 5 heteroatoms. The quantitative estimate of drug-likeness (QED) is 0.510. The Morgan fingerprint density at radius 3 is 2.43 bits per heavy atom. The van der Waals surface area contributed by atoms with Crippen LogP contribution in [0.1, 0.15) is 30.9 Å². The Kier molecular flexibility index (Phi) is 6.15. The zero-order valence-corrected chi connectivity index (χ0v) is 12.3. The van der Waals surface area contributed by atoms with Crippen molar-refractivity contribution in [1.82, 2.24) is 5.32 Å². The normalized spacial score (nSPS) is 10.9. The number of likely N-dealkylation sites (N-methyl/N-ethyl adjacent to an activating group) is 1. The van der Waals surface area contributed by atoms with Gasteiger partial charge in [0.2, 0.25) is 0 Å². The van der Waals surface area contributed by atoms with Gasteiger partial charge in [-0.15, -0.1) is 0 Å². The van der Waals surface area contributed by atoms with Gasteiger partial charge in [0.1, 0.15) is 11.6 Å². The number of nitriles is 1. The fraction of sp³-hybridized carbons (Fsp3) is 0.312. The minimum atomic E-state index is -0.811. The maximum Gasteiger partial charge on any atom is 0.349 e. The number of esters is 1. The van der Waals surface area contributed by atoms with Crippen LogP contribution in [0.2, 0.25) is 0 Å². The van der Waals surface area contributed by atoms with E-state index in [1.807, 2.05) is 24.3 Å². The van der Waals surface area contributed by atoms with Crippen molar-refractivity contribution in [3.63, 3.8) is 0 Å². The number of hydrogen-bond acceptors (Lipinski definition) is 4. The molecule has 1 N–H and O–H groups in total. The lowest BCUT2D eigenvalue weighted by molar-refractivity contribution is -0.144. The number of hydrogen-bond donors (Lipinski definition) is 1. The molecule has 110 valence electrons. The summed E-state index contributed by atoms with van der Waals surface area (Å²) in [5.74, 6) is -0.827. The lowest BCUT2D eigenvalue weighted by Crippen LogP contribution is -2.25. The molecule has 1 aromatic rings. The Morgan fingerprint density at radius 1 is 1.33 bits per heavy atom. The van der Waals surface area contributed by atoms with E-state index in [2.05, 4.69) is 19.2 Å². The Bertz CT molecular complexity index is 581. The molecule has 0 aromatic heterocycles. The van der Waals surface area contributed by atoms with Crippen molar-refractivity contribution in [2.24, 2.45) is 0 Å². The minimum Gasteiger partial charge on any atom is -0.451 e. The van der Waals surface area contributed by atoms with Crippen LogP contribution in [0, 0.1) is 11.3 Å². The fourth-order valence-electron chi connectivity index (χ4n) is 1.56. The Hall–Kier alpha value is -2.61. The van der Waals surface area contributed by atoms with Crippen LogP contribution in [0.15, 0.2) is 29.8 Å². The van der Waals surface area contributed by atoms with Crippen LogP contribution in [0.25, 0.3) is 6.08 Å². The Balaban J connectivity index is 2.81. The van der Waals surface area contributed by atoms with E-state index >= 15 is 0 Å². The van der Waals surface area contributed by atoms with Gasteiger partial charge in [0.25, 0.3) is 5.91 Å². The van der Waals surface area contributed by atoms with Gasteiger partial charge in [-0.1, -0.05) is 38.1 Å². The first kappa shape index (κ1) is 16.4. The molecule has 0 spiro atoms. The van der Waals surface area contributed by atoms with Crippen LogP contribution in [-0.4, -0.2) is 25.5 Å². The molecule has 0 fully saturated rings. The second kappa shape index (κ2) is 7.85. The SMILES string of the molecule is CNC(=O)COC(=O)/C(C#N)=C/c1ccc(C(C)C)cc1. The number of nitrogens with zero attached hydrogens (tertiary/aromatic N) is 1. The largest absolute Gasteiger partial charge is 0.451 e. The number of carbonyl (C=O) groups is 2. The number of ether oxygens (including phenoxy) is 1. The number of amides is 1. The predicted octanol–water partition coefficient (Wildman–Crippen LogP) is 2.01. The first-order valence-corrected chi connectivity index (χ1v) is 6.57. The molecule has 0 heterocycles. The number of benzene rings is 1. The summed E-state index contributed by atoms with van der Waals surface area (Å²) in [6, 6.07) is 9.34. The van der Waals surface area contributed by atoms with Crippen molar-refractivity contribution in [2.45, 2.75) is 19.8 Å². The highest BCUT2D eigenvalue weighted by molar-refractivity contribution is 5.98. The Morgan fingerprint density at radius 2 is 1.95 bits per heavy atom. The standard InChI is InChI=1S/C16H18N2O3/c1-11(2)13-6-4-12(5-7-13)8-14(9-17)16(20)21-10-15(19)18-3/h4-8,11H,10H2,1-3H3,(H,18,19)/b14-8+. The number of carbonyl (C=O) groups excluding carboxylic acids is 2. The van der Waals surface area contributed by atoms with Gasteiger partial charge in [-0.3, -0.25) is 4.79 Å². The van der Waals surface area contributed by atoms with Gasteiger partial charge >= 0.3 is 5.97 Å². The van der Waals surface area contributed by atoms with Crippen molar-refractivity contribution in [1.29, 1.82) is 5.26 Å². The van der Waals surface area contributed by atoms with Crippen molar-refractivity contribution in [2.75, 3.05) is 13.7 Å². The molecule has 0 aliphatic heterocycles. The summed E-state index contributed by atoms with van der Waals surface area (Å²) < 4.78 is 4.74. The molecule has 0 aliphatic carbocycles. The van der Waals surface area contributed by atoms with Gasteiger partial charge in [-0.2, -0.15) is 5.26 Å². The third kappa shape index (κ3) is 5.11. The van der Waals surface area contributed by atoms with Crippen molar-refractivity contribution < 1.29 is 14.3 Å². The third-order valence-corrected chi connectivity index (χ3v) is 2.87. The van der Waals surface area contributed by atoms with Crippen molar-refractivity contribution >= 4 is 18.0 Å². The van der Waals surface area contributed by atoms with E-state index in [1.165, 1.54) is 18.7 Å². The smallest absolute Gasteiger partial charge is 0.349 e. The van der Waals surface area contributed by atoms with Gasteiger partial charge in [0.15, 0.2) is 6.61 Å². The highest BCUT2D eigenvalue weighted by atomic mass is 16.5. The molecule has 21 heavy (non-hydrogen) atoms. The fourth-order valence-corrected chi connectivity index (χ4v) is 1.56. The third-order valence-electron chi connectivity index (χ3n) is 2.87. The highest BCUT2D eigenvalue weighted by Gasteiger charge is 2.12. The molecule has 5 nitrogen and oxygen atoms in total.